The van der Waals surface area contributed by atoms with Crippen LogP contribution in [0.3, 0.4) is 0 Å². The molecular formula is C55H69N3O12. The number of esters is 1. The van der Waals surface area contributed by atoms with Gasteiger partial charge in [0.15, 0.2) is 24.5 Å². The van der Waals surface area contributed by atoms with Crippen LogP contribution >= 0.6 is 0 Å². The van der Waals surface area contributed by atoms with Crippen molar-refractivity contribution in [2.75, 3.05) is 6.61 Å². The molecule has 1 aliphatic carbocycles. The molecule has 4 aromatic carbocycles. The number of carbonyl (C=O) groups is 1. The third kappa shape index (κ3) is 12.6. The molecule has 3 aliphatic heterocycles. The maximum atomic E-state index is 12.6. The molecule has 0 bridgehead atoms. The van der Waals surface area contributed by atoms with E-state index in [9.17, 15) is 10.3 Å². The molecule has 0 N–H and O–H groups in total. The fourth-order valence-electron chi connectivity index (χ4n) is 10.3. The number of benzene rings is 4. The van der Waals surface area contributed by atoms with Gasteiger partial charge in [0.2, 0.25) is 0 Å². The molecule has 1 saturated carbocycles. The summed E-state index contributed by atoms with van der Waals surface area (Å²) in [5, 5.41) is 4.36. The second-order valence-electron chi connectivity index (χ2n) is 19.4. The lowest BCUT2D eigenvalue weighted by Crippen LogP contribution is -2.67. The number of fused-ring (bicyclic) bond motifs is 1. The Morgan fingerprint density at radius 3 is 1.54 bits per heavy atom. The number of ether oxygens (including phenoxy) is 11. The summed E-state index contributed by atoms with van der Waals surface area (Å²) >= 11 is 0. The average Bonchev–Trinajstić information content (AvgIpc) is 3.70. The Balaban J connectivity index is 1.16. The number of hydrogen-bond acceptors (Lipinski definition) is 13. The third-order valence-corrected chi connectivity index (χ3v) is 14.0. The van der Waals surface area contributed by atoms with Gasteiger partial charge in [-0.15, -0.1) is 0 Å². The van der Waals surface area contributed by atoms with E-state index in [4.69, 9.17) is 52.1 Å². The summed E-state index contributed by atoms with van der Waals surface area (Å²) in [5.74, 6) is -2.07. The lowest BCUT2D eigenvalue weighted by atomic mass is 9.82. The highest BCUT2D eigenvalue weighted by Crippen LogP contribution is 2.45. The lowest BCUT2D eigenvalue weighted by Gasteiger charge is -2.51. The molecular weight excluding hydrogens is 895 g/mol. The molecule has 8 unspecified atom stereocenters. The minimum atomic E-state index is -1.17. The van der Waals surface area contributed by atoms with Crippen LogP contribution in [0.5, 0.6) is 0 Å². The van der Waals surface area contributed by atoms with Gasteiger partial charge in [-0.25, -0.2) is 0 Å². The van der Waals surface area contributed by atoms with Gasteiger partial charge in [0.1, 0.15) is 42.7 Å². The Hall–Kier alpha value is -4.74. The van der Waals surface area contributed by atoms with Crippen LogP contribution in [0.1, 0.15) is 77.1 Å². The van der Waals surface area contributed by atoms with Crippen molar-refractivity contribution < 1.29 is 56.9 Å². The predicted molar refractivity (Wildman–Crippen MR) is 258 cm³/mol. The van der Waals surface area contributed by atoms with E-state index in [1.54, 1.807) is 0 Å². The van der Waals surface area contributed by atoms with Crippen LogP contribution in [-0.2, 0) is 83.3 Å². The Kier molecular flexibility index (Phi) is 17.8. The Morgan fingerprint density at radius 1 is 0.586 bits per heavy atom. The zero-order chi connectivity index (χ0) is 49.2. The molecule has 376 valence electrons. The topological polar surface area (TPSA) is 167 Å². The van der Waals surface area contributed by atoms with Crippen molar-refractivity contribution >= 4 is 5.97 Å². The summed E-state index contributed by atoms with van der Waals surface area (Å²) in [4.78, 5) is 15.9. The SMILES string of the molecule is CCC1O[C@H](O[C@@H]2C(COCc3ccccc3)O[C@H](OC3C(OCc4ccccc4)C(OCc4ccccc4)[C@@H](OCc4ccccc4)C4OC(C)(C)O[C@@H]34)C(N=[N+]=[N-])[C@H]2C)C(OC(C)=O)[C@@H](C)[C@@H]1C. The van der Waals surface area contributed by atoms with Crippen molar-refractivity contribution in [3.8, 4) is 0 Å². The first-order chi connectivity index (χ1) is 33.9. The highest BCUT2D eigenvalue weighted by atomic mass is 16.8. The summed E-state index contributed by atoms with van der Waals surface area (Å²) in [6.07, 6.45) is -8.53. The summed E-state index contributed by atoms with van der Waals surface area (Å²) in [5.41, 5.74) is 14.1. The number of carbonyl (C=O) groups excluding carboxylic acids is 1. The molecule has 15 nitrogen and oxygen atoms in total. The summed E-state index contributed by atoms with van der Waals surface area (Å²) in [6.45, 7) is 14.3. The van der Waals surface area contributed by atoms with E-state index in [2.05, 4.69) is 23.9 Å². The van der Waals surface area contributed by atoms with Crippen molar-refractivity contribution in [1.82, 2.24) is 0 Å². The second-order valence-corrected chi connectivity index (χ2v) is 19.4. The number of hydrogen-bond donors (Lipinski definition) is 0. The monoisotopic (exact) mass is 963 g/mol. The van der Waals surface area contributed by atoms with Gasteiger partial charge < -0.3 is 52.1 Å². The highest BCUT2D eigenvalue weighted by molar-refractivity contribution is 5.66. The number of azide groups is 1. The van der Waals surface area contributed by atoms with Crippen LogP contribution in [0.15, 0.2) is 126 Å². The van der Waals surface area contributed by atoms with Crippen LogP contribution in [0, 0.1) is 17.8 Å². The zero-order valence-corrected chi connectivity index (χ0v) is 41.3. The smallest absolute Gasteiger partial charge is 0.303 e. The number of rotatable bonds is 20. The van der Waals surface area contributed by atoms with Gasteiger partial charge in [-0.05, 0) is 59.9 Å². The van der Waals surface area contributed by atoms with Gasteiger partial charge in [-0.1, -0.05) is 154 Å². The van der Waals surface area contributed by atoms with Gasteiger partial charge in [-0.2, -0.15) is 0 Å². The first-order valence-electron chi connectivity index (χ1n) is 24.7. The Labute approximate surface area is 411 Å². The molecule has 0 amide bonds. The van der Waals surface area contributed by atoms with Gasteiger partial charge in [0.05, 0.1) is 51.3 Å². The molecule has 8 rings (SSSR count). The van der Waals surface area contributed by atoms with Gasteiger partial charge in [-0.3, -0.25) is 4.79 Å². The fourth-order valence-corrected chi connectivity index (χ4v) is 10.3. The van der Waals surface area contributed by atoms with Crippen molar-refractivity contribution in [3.05, 3.63) is 154 Å². The standard InChI is InChI=1S/C55H69N3O12/c1-8-42-34(2)35(3)46(64-37(5)59)54(65-42)67-45-36(4)44(57-58-56)53(66-43(45)33-60-29-38-21-13-9-14-22-38)68-50-48(62-31-40-25-17-11-18-26-40)47(61-30-39-23-15-10-16-24-39)49(51-52(50)70-55(6,7)69-51)63-32-41-27-19-12-20-28-41/h9-28,34-36,42-54H,8,29-33H2,1-7H3/t34-,35-,36+,42?,43?,44?,45-,46?,47?,48?,49+,50?,51?,52-,53+,54+/m0/s1. The summed E-state index contributed by atoms with van der Waals surface area (Å²) in [6, 6.07) is 38.6. The van der Waals surface area contributed by atoms with Gasteiger partial charge >= 0.3 is 5.97 Å². The molecule has 70 heavy (non-hydrogen) atoms. The maximum absolute atomic E-state index is 12.6. The molecule has 3 saturated heterocycles. The Bertz CT molecular complexity index is 2270. The average molecular weight is 964 g/mol. The van der Waals surface area contributed by atoms with E-state index >= 15 is 0 Å². The molecule has 0 radical (unpaired) electrons. The predicted octanol–water partition coefficient (Wildman–Crippen LogP) is 9.64. The molecule has 4 aliphatic rings. The quantitative estimate of drug-likeness (QED) is 0.0357. The van der Waals surface area contributed by atoms with Crippen LogP contribution in [0.4, 0.5) is 0 Å². The second kappa shape index (κ2) is 24.1. The third-order valence-electron chi connectivity index (χ3n) is 14.0. The molecule has 3 heterocycles. The minimum Gasteiger partial charge on any atom is -0.457 e. The maximum Gasteiger partial charge on any atom is 0.303 e. The van der Waals surface area contributed by atoms with Crippen molar-refractivity contribution in [3.63, 3.8) is 0 Å². The number of nitrogens with zero attached hydrogens (tertiary/aromatic N) is 3. The molecule has 4 aromatic rings. The minimum absolute atomic E-state index is 0.0658. The van der Waals surface area contributed by atoms with E-state index in [1.807, 2.05) is 149 Å². The van der Waals surface area contributed by atoms with Crippen molar-refractivity contribution in [2.45, 2.75) is 167 Å². The van der Waals surface area contributed by atoms with E-state index in [0.717, 1.165) is 28.7 Å². The molecule has 0 aromatic heterocycles. The lowest BCUT2D eigenvalue weighted by molar-refractivity contribution is -0.345. The molecule has 4 fully saturated rings. The Morgan fingerprint density at radius 2 is 1.04 bits per heavy atom. The largest absolute Gasteiger partial charge is 0.457 e. The van der Waals surface area contributed by atoms with E-state index < -0.39 is 91.2 Å². The van der Waals surface area contributed by atoms with Crippen LogP contribution in [-0.4, -0.2) is 98.0 Å². The molecule has 15 heteroatoms. The van der Waals surface area contributed by atoms with Crippen molar-refractivity contribution in [1.29, 1.82) is 0 Å². The van der Waals surface area contributed by atoms with E-state index in [-0.39, 0.29) is 44.4 Å². The van der Waals surface area contributed by atoms with Crippen LogP contribution in [0.25, 0.3) is 10.4 Å². The normalized spacial score (nSPS) is 33.7. The van der Waals surface area contributed by atoms with E-state index in [0.29, 0.717) is 6.61 Å². The van der Waals surface area contributed by atoms with E-state index in [1.165, 1.54) is 6.92 Å². The summed E-state index contributed by atoms with van der Waals surface area (Å²) < 4.78 is 74.7. The van der Waals surface area contributed by atoms with Gasteiger partial charge in [0.25, 0.3) is 0 Å². The fraction of sp³-hybridized carbons (Fsp3) is 0.545. The van der Waals surface area contributed by atoms with Crippen molar-refractivity contribution in [2.24, 2.45) is 22.9 Å². The first kappa shape index (κ1) is 51.6. The van der Waals surface area contributed by atoms with Gasteiger partial charge in [0, 0.05) is 17.8 Å². The zero-order valence-electron chi connectivity index (χ0n) is 41.3. The van der Waals surface area contributed by atoms with Crippen LogP contribution in [0.2, 0.25) is 0 Å². The highest BCUT2D eigenvalue weighted by Gasteiger charge is 2.62. The molecule has 16 atom stereocenters. The first-order valence-corrected chi connectivity index (χ1v) is 24.7. The van der Waals surface area contributed by atoms with Crippen LogP contribution < -0.4 is 0 Å². The summed E-state index contributed by atoms with van der Waals surface area (Å²) in [7, 11) is 0. The molecule has 0 spiro atoms.